The summed E-state index contributed by atoms with van der Waals surface area (Å²) < 4.78 is 10.8. The van der Waals surface area contributed by atoms with Crippen LogP contribution in [0.3, 0.4) is 0 Å². The fourth-order valence-corrected chi connectivity index (χ4v) is 4.05. The number of carbonyl (C=O) groups excluding carboxylic acids is 3. The van der Waals surface area contributed by atoms with E-state index in [9.17, 15) is 14.4 Å². The highest BCUT2D eigenvalue weighted by Crippen LogP contribution is 2.34. The molecule has 8 nitrogen and oxygen atoms in total. The molecule has 3 amide bonds. The quantitative estimate of drug-likeness (QED) is 0.596. The Balaban J connectivity index is 1.48. The highest BCUT2D eigenvalue weighted by molar-refractivity contribution is 6.23. The minimum absolute atomic E-state index is 0.00267. The van der Waals surface area contributed by atoms with Crippen LogP contribution in [0.15, 0.2) is 24.3 Å². The third kappa shape index (κ3) is 4.49. The minimum Gasteiger partial charge on any atom is -0.494 e. The Morgan fingerprint density at radius 1 is 1.17 bits per heavy atom. The van der Waals surface area contributed by atoms with Gasteiger partial charge in [-0.1, -0.05) is 0 Å². The second-order valence-electron chi connectivity index (χ2n) is 7.97. The van der Waals surface area contributed by atoms with E-state index < -0.39 is 6.04 Å². The van der Waals surface area contributed by atoms with Gasteiger partial charge in [0.25, 0.3) is 5.91 Å². The highest BCUT2D eigenvalue weighted by Gasteiger charge is 2.46. The number of morpholine rings is 1. The first-order valence-corrected chi connectivity index (χ1v) is 10.8. The summed E-state index contributed by atoms with van der Waals surface area (Å²) in [5.41, 5.74) is 0.517. The van der Waals surface area contributed by atoms with Gasteiger partial charge in [0.15, 0.2) is 0 Å². The second-order valence-corrected chi connectivity index (χ2v) is 7.97. The third-order valence-corrected chi connectivity index (χ3v) is 5.88. The average molecular weight is 415 g/mol. The first kappa shape index (κ1) is 20.8. The summed E-state index contributed by atoms with van der Waals surface area (Å²) in [5, 5.41) is 0. The third-order valence-electron chi connectivity index (χ3n) is 5.88. The number of hydrogen-bond donors (Lipinski definition) is 0. The smallest absolute Gasteiger partial charge is 0.257 e. The fraction of sp³-hybridized carbons (Fsp3) is 0.591. The van der Waals surface area contributed by atoms with Crippen LogP contribution >= 0.6 is 0 Å². The van der Waals surface area contributed by atoms with Crippen LogP contribution in [0.5, 0.6) is 5.75 Å². The Bertz CT molecular complexity index is 786. The zero-order valence-electron chi connectivity index (χ0n) is 17.4. The number of imide groups is 1. The molecule has 1 saturated carbocycles. The van der Waals surface area contributed by atoms with Crippen molar-refractivity contribution in [2.45, 2.75) is 32.2 Å². The van der Waals surface area contributed by atoms with Crippen molar-refractivity contribution >= 4 is 23.4 Å². The van der Waals surface area contributed by atoms with Crippen molar-refractivity contribution in [1.82, 2.24) is 9.80 Å². The molecule has 30 heavy (non-hydrogen) atoms. The van der Waals surface area contributed by atoms with Crippen LogP contribution in [0.1, 0.15) is 26.2 Å². The Kier molecular flexibility index (Phi) is 6.34. The van der Waals surface area contributed by atoms with E-state index in [1.165, 1.54) is 4.90 Å². The molecule has 0 aromatic heterocycles. The summed E-state index contributed by atoms with van der Waals surface area (Å²) in [7, 11) is 0. The molecular formula is C22H29N3O5. The van der Waals surface area contributed by atoms with Gasteiger partial charge in [-0.05, 0) is 44.0 Å². The molecule has 1 aliphatic carbocycles. The number of rotatable bonds is 8. The monoisotopic (exact) mass is 415 g/mol. The number of ether oxygens (including phenoxy) is 2. The van der Waals surface area contributed by atoms with Gasteiger partial charge in [0.1, 0.15) is 11.8 Å². The van der Waals surface area contributed by atoms with E-state index in [0.717, 1.165) is 25.9 Å². The van der Waals surface area contributed by atoms with Gasteiger partial charge < -0.3 is 14.4 Å². The van der Waals surface area contributed by atoms with E-state index in [-0.39, 0.29) is 30.1 Å². The van der Waals surface area contributed by atoms with E-state index in [0.29, 0.717) is 44.3 Å². The van der Waals surface area contributed by atoms with Crippen LogP contribution in [0.4, 0.5) is 5.69 Å². The molecule has 0 radical (unpaired) electrons. The van der Waals surface area contributed by atoms with E-state index >= 15 is 0 Å². The van der Waals surface area contributed by atoms with Gasteiger partial charge in [-0.25, -0.2) is 4.90 Å². The summed E-state index contributed by atoms with van der Waals surface area (Å²) in [5.74, 6) is 0.0993. The van der Waals surface area contributed by atoms with E-state index in [1.54, 1.807) is 29.2 Å². The predicted molar refractivity (Wildman–Crippen MR) is 110 cm³/mol. The molecule has 1 unspecified atom stereocenters. The molecule has 3 aliphatic rings. The fourth-order valence-electron chi connectivity index (χ4n) is 4.05. The van der Waals surface area contributed by atoms with Crippen LogP contribution in [0.2, 0.25) is 0 Å². The number of amides is 3. The molecule has 2 saturated heterocycles. The number of benzene rings is 1. The number of nitrogens with zero attached hydrogens (tertiary/aromatic N) is 3. The first-order valence-electron chi connectivity index (χ1n) is 10.8. The maximum atomic E-state index is 13.2. The predicted octanol–water partition coefficient (Wildman–Crippen LogP) is 1.29. The van der Waals surface area contributed by atoms with Crippen LogP contribution in [-0.4, -0.2) is 79.6 Å². The second kappa shape index (κ2) is 9.14. The van der Waals surface area contributed by atoms with Crippen molar-refractivity contribution in [3.05, 3.63) is 24.3 Å². The van der Waals surface area contributed by atoms with Gasteiger partial charge in [0.2, 0.25) is 11.8 Å². The molecule has 2 aliphatic heterocycles. The van der Waals surface area contributed by atoms with Crippen LogP contribution in [0, 0.1) is 5.92 Å². The van der Waals surface area contributed by atoms with Crippen molar-refractivity contribution in [2.24, 2.45) is 5.92 Å². The zero-order chi connectivity index (χ0) is 21.1. The molecule has 0 N–H and O–H groups in total. The average Bonchev–Trinajstić information content (AvgIpc) is 3.56. The van der Waals surface area contributed by atoms with Crippen molar-refractivity contribution in [1.29, 1.82) is 0 Å². The lowest BCUT2D eigenvalue weighted by atomic mass is 10.1. The Morgan fingerprint density at radius 2 is 1.87 bits per heavy atom. The summed E-state index contributed by atoms with van der Waals surface area (Å²) in [6.07, 6.45) is 1.77. The maximum Gasteiger partial charge on any atom is 0.257 e. The summed E-state index contributed by atoms with van der Waals surface area (Å²) in [4.78, 5) is 44.0. The lowest BCUT2D eigenvalue weighted by Crippen LogP contribution is -2.50. The summed E-state index contributed by atoms with van der Waals surface area (Å²) in [6.45, 7) is 6.59. The molecule has 1 aromatic rings. The van der Waals surface area contributed by atoms with Gasteiger partial charge in [0, 0.05) is 32.1 Å². The normalized spacial score (nSPS) is 22.4. The molecule has 3 fully saturated rings. The van der Waals surface area contributed by atoms with Gasteiger partial charge in [0.05, 0.1) is 31.9 Å². The maximum absolute atomic E-state index is 13.2. The highest BCUT2D eigenvalue weighted by atomic mass is 16.5. The van der Waals surface area contributed by atoms with Gasteiger partial charge in [-0.15, -0.1) is 0 Å². The molecule has 4 rings (SSSR count). The van der Waals surface area contributed by atoms with Crippen LogP contribution in [0.25, 0.3) is 0 Å². The van der Waals surface area contributed by atoms with Crippen molar-refractivity contribution in [2.75, 3.05) is 50.9 Å². The largest absolute Gasteiger partial charge is 0.494 e. The number of anilines is 1. The lowest BCUT2D eigenvalue weighted by Gasteiger charge is -2.32. The molecule has 2 heterocycles. The Morgan fingerprint density at radius 3 is 2.50 bits per heavy atom. The SMILES string of the molecule is CCOc1ccc(N2C(=O)CC(N(CCN3CCOCC3)C(=O)C3CC3)C2=O)cc1. The van der Waals surface area contributed by atoms with E-state index in [2.05, 4.69) is 4.90 Å². The molecule has 1 aromatic carbocycles. The topological polar surface area (TPSA) is 79.4 Å². The molecule has 162 valence electrons. The number of hydrogen-bond acceptors (Lipinski definition) is 6. The standard InChI is InChI=1S/C22H29N3O5/c1-2-30-18-7-5-17(6-8-18)25-20(26)15-19(22(25)28)24(21(27)16-3-4-16)10-9-23-11-13-29-14-12-23/h5-8,16,19H,2-4,9-15H2,1H3. The van der Waals surface area contributed by atoms with Gasteiger partial charge in [-0.3, -0.25) is 19.3 Å². The first-order chi connectivity index (χ1) is 14.6. The Hall–Kier alpha value is -2.45. The Labute approximate surface area is 176 Å². The van der Waals surface area contributed by atoms with Crippen molar-refractivity contribution in [3.8, 4) is 5.75 Å². The minimum atomic E-state index is -0.724. The van der Waals surface area contributed by atoms with Crippen LogP contribution in [-0.2, 0) is 19.1 Å². The molecule has 0 bridgehead atoms. The molecular weight excluding hydrogens is 386 g/mol. The lowest BCUT2D eigenvalue weighted by molar-refractivity contribution is -0.139. The van der Waals surface area contributed by atoms with Crippen LogP contribution < -0.4 is 9.64 Å². The van der Waals surface area contributed by atoms with E-state index in [1.807, 2.05) is 6.92 Å². The van der Waals surface area contributed by atoms with Crippen molar-refractivity contribution < 1.29 is 23.9 Å². The molecule has 1 atom stereocenters. The molecule has 8 heteroatoms. The number of carbonyl (C=O) groups is 3. The summed E-state index contributed by atoms with van der Waals surface area (Å²) in [6, 6.07) is 6.20. The molecule has 0 spiro atoms. The zero-order valence-corrected chi connectivity index (χ0v) is 17.4. The van der Waals surface area contributed by atoms with Gasteiger partial charge >= 0.3 is 0 Å². The van der Waals surface area contributed by atoms with E-state index in [4.69, 9.17) is 9.47 Å². The summed E-state index contributed by atoms with van der Waals surface area (Å²) >= 11 is 0. The van der Waals surface area contributed by atoms with Crippen molar-refractivity contribution in [3.63, 3.8) is 0 Å². The van der Waals surface area contributed by atoms with Gasteiger partial charge in [-0.2, -0.15) is 0 Å².